The van der Waals surface area contributed by atoms with E-state index in [0.29, 0.717) is 11.5 Å². The molecule has 3 nitrogen and oxygen atoms in total. The van der Waals surface area contributed by atoms with E-state index < -0.39 is 0 Å². The van der Waals surface area contributed by atoms with Gasteiger partial charge in [0.25, 0.3) is 5.91 Å². The number of carbonyl (C=O) groups excluding carboxylic acids is 1. The molecule has 0 bridgehead atoms. The molecule has 1 atom stereocenters. The van der Waals surface area contributed by atoms with Gasteiger partial charge < -0.3 is 9.32 Å². The van der Waals surface area contributed by atoms with Crippen LogP contribution in [0.15, 0.2) is 47.3 Å². The molecule has 0 saturated carbocycles. The van der Waals surface area contributed by atoms with Gasteiger partial charge in [-0.15, -0.1) is 0 Å². The zero-order valence-corrected chi connectivity index (χ0v) is 12.6. The SMILES string of the molecule is O=C(c1ccoc1)N1CCCCC(c2ccc(Cl)cc2)C1. The van der Waals surface area contributed by atoms with Crippen molar-refractivity contribution in [1.82, 2.24) is 4.90 Å². The molecule has 0 aliphatic carbocycles. The Morgan fingerprint density at radius 3 is 2.71 bits per heavy atom. The fraction of sp³-hybridized carbons (Fsp3) is 0.353. The summed E-state index contributed by atoms with van der Waals surface area (Å²) in [6, 6.07) is 9.70. The molecular formula is C17H18ClNO2. The van der Waals surface area contributed by atoms with Crippen molar-refractivity contribution in [3.8, 4) is 0 Å². The number of amides is 1. The average Bonchev–Trinajstić information content (AvgIpc) is 2.92. The van der Waals surface area contributed by atoms with Gasteiger partial charge in [0.05, 0.1) is 11.8 Å². The first-order chi connectivity index (χ1) is 10.2. The predicted molar refractivity (Wildman–Crippen MR) is 82.7 cm³/mol. The molecule has 2 heterocycles. The van der Waals surface area contributed by atoms with Gasteiger partial charge in [-0.25, -0.2) is 0 Å². The van der Waals surface area contributed by atoms with Gasteiger partial charge in [0, 0.05) is 24.0 Å². The Labute approximate surface area is 129 Å². The maximum atomic E-state index is 12.5. The van der Waals surface area contributed by atoms with Gasteiger partial charge in [-0.1, -0.05) is 30.2 Å². The highest BCUT2D eigenvalue weighted by Gasteiger charge is 2.24. The topological polar surface area (TPSA) is 33.5 Å². The fourth-order valence-electron chi connectivity index (χ4n) is 2.90. The van der Waals surface area contributed by atoms with Gasteiger partial charge in [0.2, 0.25) is 0 Å². The van der Waals surface area contributed by atoms with Crippen LogP contribution in [0, 0.1) is 0 Å². The first-order valence-electron chi connectivity index (χ1n) is 7.31. The van der Waals surface area contributed by atoms with Crippen LogP contribution in [-0.2, 0) is 0 Å². The number of benzene rings is 1. The summed E-state index contributed by atoms with van der Waals surface area (Å²) < 4.78 is 5.02. The van der Waals surface area contributed by atoms with Crippen LogP contribution in [0.1, 0.15) is 41.1 Å². The highest BCUT2D eigenvalue weighted by Crippen LogP contribution is 2.28. The third kappa shape index (κ3) is 3.30. The zero-order valence-electron chi connectivity index (χ0n) is 11.8. The standard InChI is InChI=1S/C17H18ClNO2/c18-16-6-4-13(5-7-16)14-3-1-2-9-19(11-14)17(20)15-8-10-21-12-15/h4-8,10,12,14H,1-3,9,11H2. The van der Waals surface area contributed by atoms with Crippen molar-refractivity contribution in [1.29, 1.82) is 0 Å². The van der Waals surface area contributed by atoms with Crippen LogP contribution in [0.3, 0.4) is 0 Å². The molecule has 1 aromatic heterocycles. The summed E-state index contributed by atoms with van der Waals surface area (Å²) in [6.45, 7) is 1.57. The second kappa shape index (κ2) is 6.35. The second-order valence-electron chi connectivity index (χ2n) is 5.51. The summed E-state index contributed by atoms with van der Waals surface area (Å²) in [7, 11) is 0. The van der Waals surface area contributed by atoms with Gasteiger partial charge in [-0.2, -0.15) is 0 Å². The molecule has 1 aliphatic rings. The Morgan fingerprint density at radius 2 is 2.00 bits per heavy atom. The maximum Gasteiger partial charge on any atom is 0.257 e. The number of carbonyl (C=O) groups is 1. The van der Waals surface area contributed by atoms with E-state index in [1.165, 1.54) is 11.8 Å². The van der Waals surface area contributed by atoms with Crippen molar-refractivity contribution in [2.45, 2.75) is 25.2 Å². The summed E-state index contributed by atoms with van der Waals surface area (Å²) in [5, 5.41) is 0.749. The lowest BCUT2D eigenvalue weighted by atomic mass is 9.94. The first kappa shape index (κ1) is 14.2. The van der Waals surface area contributed by atoms with Crippen LogP contribution in [0.25, 0.3) is 0 Å². The number of nitrogens with zero attached hydrogens (tertiary/aromatic N) is 1. The summed E-state index contributed by atoms with van der Waals surface area (Å²) in [6.07, 6.45) is 6.36. The van der Waals surface area contributed by atoms with Gasteiger partial charge in [0.1, 0.15) is 6.26 Å². The Hall–Kier alpha value is -1.74. The van der Waals surface area contributed by atoms with E-state index in [1.807, 2.05) is 17.0 Å². The zero-order chi connectivity index (χ0) is 14.7. The van der Waals surface area contributed by atoms with E-state index in [9.17, 15) is 4.79 Å². The lowest BCUT2D eigenvalue weighted by Crippen LogP contribution is -2.33. The minimum absolute atomic E-state index is 0.0598. The molecular weight excluding hydrogens is 286 g/mol. The van der Waals surface area contributed by atoms with Gasteiger partial charge in [-0.05, 0) is 36.6 Å². The van der Waals surface area contributed by atoms with Crippen LogP contribution in [-0.4, -0.2) is 23.9 Å². The Bertz CT molecular complexity index is 592. The van der Waals surface area contributed by atoms with E-state index in [1.54, 1.807) is 12.3 Å². The molecule has 0 N–H and O–H groups in total. The first-order valence-corrected chi connectivity index (χ1v) is 7.69. The number of furan rings is 1. The molecule has 1 aromatic carbocycles. The van der Waals surface area contributed by atoms with E-state index in [-0.39, 0.29) is 5.91 Å². The van der Waals surface area contributed by atoms with Gasteiger partial charge in [0.15, 0.2) is 0 Å². The smallest absolute Gasteiger partial charge is 0.257 e. The van der Waals surface area contributed by atoms with E-state index in [0.717, 1.165) is 37.4 Å². The molecule has 0 spiro atoms. The minimum Gasteiger partial charge on any atom is -0.472 e. The summed E-state index contributed by atoms with van der Waals surface area (Å²) in [5.74, 6) is 0.435. The van der Waals surface area contributed by atoms with Crippen molar-refractivity contribution >= 4 is 17.5 Å². The van der Waals surface area contributed by atoms with E-state index >= 15 is 0 Å². The quantitative estimate of drug-likeness (QED) is 0.826. The lowest BCUT2D eigenvalue weighted by Gasteiger charge is -2.24. The lowest BCUT2D eigenvalue weighted by molar-refractivity contribution is 0.0754. The largest absolute Gasteiger partial charge is 0.472 e. The highest BCUT2D eigenvalue weighted by molar-refractivity contribution is 6.30. The fourth-order valence-corrected chi connectivity index (χ4v) is 3.03. The van der Waals surface area contributed by atoms with Crippen LogP contribution in [0.2, 0.25) is 5.02 Å². The van der Waals surface area contributed by atoms with Crippen LogP contribution >= 0.6 is 11.6 Å². The van der Waals surface area contributed by atoms with Crippen LogP contribution in [0.5, 0.6) is 0 Å². The molecule has 1 amide bonds. The second-order valence-corrected chi connectivity index (χ2v) is 5.94. The molecule has 21 heavy (non-hydrogen) atoms. The molecule has 1 fully saturated rings. The number of hydrogen-bond donors (Lipinski definition) is 0. The Kier molecular flexibility index (Phi) is 4.30. The van der Waals surface area contributed by atoms with Crippen molar-refractivity contribution in [2.24, 2.45) is 0 Å². The third-order valence-electron chi connectivity index (χ3n) is 4.07. The molecule has 1 saturated heterocycles. The number of halogens is 1. The average molecular weight is 304 g/mol. The molecule has 4 heteroatoms. The highest BCUT2D eigenvalue weighted by atomic mass is 35.5. The Balaban J connectivity index is 1.77. The predicted octanol–water partition coefficient (Wildman–Crippen LogP) is 4.34. The summed E-state index contributed by atoms with van der Waals surface area (Å²) >= 11 is 5.95. The van der Waals surface area contributed by atoms with E-state index in [4.69, 9.17) is 16.0 Å². The van der Waals surface area contributed by atoms with Crippen LogP contribution < -0.4 is 0 Å². The van der Waals surface area contributed by atoms with Crippen molar-refractivity contribution in [3.63, 3.8) is 0 Å². The number of likely N-dealkylation sites (tertiary alicyclic amines) is 1. The summed E-state index contributed by atoms with van der Waals surface area (Å²) in [5.41, 5.74) is 1.89. The van der Waals surface area contributed by atoms with Crippen LogP contribution in [0.4, 0.5) is 0 Å². The summed E-state index contributed by atoms with van der Waals surface area (Å²) in [4.78, 5) is 14.4. The van der Waals surface area contributed by atoms with Crippen molar-refractivity contribution in [3.05, 3.63) is 59.0 Å². The normalized spacial score (nSPS) is 19.3. The minimum atomic E-state index is 0.0598. The molecule has 0 radical (unpaired) electrons. The monoisotopic (exact) mass is 303 g/mol. The van der Waals surface area contributed by atoms with Crippen molar-refractivity contribution in [2.75, 3.05) is 13.1 Å². The van der Waals surface area contributed by atoms with Crippen molar-refractivity contribution < 1.29 is 9.21 Å². The molecule has 2 aromatic rings. The molecule has 1 unspecified atom stereocenters. The maximum absolute atomic E-state index is 12.5. The number of hydrogen-bond acceptors (Lipinski definition) is 2. The van der Waals surface area contributed by atoms with Gasteiger partial charge in [-0.3, -0.25) is 4.79 Å². The molecule has 3 rings (SSSR count). The molecule has 1 aliphatic heterocycles. The van der Waals surface area contributed by atoms with E-state index in [2.05, 4.69) is 12.1 Å². The molecule has 110 valence electrons. The van der Waals surface area contributed by atoms with Gasteiger partial charge >= 0.3 is 0 Å². The Morgan fingerprint density at radius 1 is 1.19 bits per heavy atom. The number of rotatable bonds is 2. The third-order valence-corrected chi connectivity index (χ3v) is 4.32.